The average Bonchev–Trinajstić information content (AvgIpc) is 2.65. The highest BCUT2D eigenvalue weighted by Gasteiger charge is 2.38. The van der Waals surface area contributed by atoms with E-state index in [1.807, 2.05) is 0 Å². The van der Waals surface area contributed by atoms with Crippen LogP contribution in [0.5, 0.6) is 0 Å². The SMILES string of the molecule is CCC1(CCN(C)C)OCc2ccc(C)cc21. The van der Waals surface area contributed by atoms with Crippen molar-refractivity contribution in [1.82, 2.24) is 4.90 Å². The maximum absolute atomic E-state index is 6.14. The number of hydrogen-bond donors (Lipinski definition) is 0. The van der Waals surface area contributed by atoms with Gasteiger partial charge in [-0.3, -0.25) is 0 Å². The maximum Gasteiger partial charge on any atom is 0.0949 e. The maximum atomic E-state index is 6.14. The summed E-state index contributed by atoms with van der Waals surface area (Å²) in [6.45, 7) is 6.23. The van der Waals surface area contributed by atoms with Gasteiger partial charge in [-0.2, -0.15) is 0 Å². The number of fused-ring (bicyclic) bond motifs is 1. The van der Waals surface area contributed by atoms with Gasteiger partial charge in [0.05, 0.1) is 12.2 Å². The minimum atomic E-state index is -0.0500. The Hall–Kier alpha value is -0.860. The lowest BCUT2D eigenvalue weighted by Gasteiger charge is -2.30. The monoisotopic (exact) mass is 233 g/mol. The molecule has 0 saturated carbocycles. The summed E-state index contributed by atoms with van der Waals surface area (Å²) in [4.78, 5) is 2.23. The highest BCUT2D eigenvalue weighted by molar-refractivity contribution is 5.38. The van der Waals surface area contributed by atoms with Crippen molar-refractivity contribution < 1.29 is 4.74 Å². The van der Waals surface area contributed by atoms with E-state index in [0.717, 1.165) is 26.0 Å². The summed E-state index contributed by atoms with van der Waals surface area (Å²) in [6.07, 6.45) is 2.13. The molecule has 94 valence electrons. The molecule has 0 amide bonds. The van der Waals surface area contributed by atoms with Gasteiger partial charge in [-0.25, -0.2) is 0 Å². The molecule has 1 unspecified atom stereocenters. The zero-order chi connectivity index (χ0) is 12.5. The first-order chi connectivity index (χ1) is 8.07. The molecule has 1 aliphatic rings. The zero-order valence-electron chi connectivity index (χ0n) is 11.4. The van der Waals surface area contributed by atoms with Gasteiger partial charge in [0, 0.05) is 6.54 Å². The van der Waals surface area contributed by atoms with Crippen molar-refractivity contribution in [2.45, 2.75) is 38.9 Å². The van der Waals surface area contributed by atoms with E-state index < -0.39 is 0 Å². The Morgan fingerprint density at radius 1 is 1.35 bits per heavy atom. The van der Waals surface area contributed by atoms with Gasteiger partial charge in [0.15, 0.2) is 0 Å². The summed E-state index contributed by atoms with van der Waals surface area (Å²) in [7, 11) is 4.24. The molecule has 0 bridgehead atoms. The third-order valence-corrected chi connectivity index (χ3v) is 3.79. The van der Waals surface area contributed by atoms with Crippen molar-refractivity contribution in [1.29, 1.82) is 0 Å². The van der Waals surface area contributed by atoms with Gasteiger partial charge in [0.1, 0.15) is 0 Å². The second-order valence-corrected chi connectivity index (χ2v) is 5.35. The van der Waals surface area contributed by atoms with Crippen LogP contribution in [0.2, 0.25) is 0 Å². The van der Waals surface area contributed by atoms with Crippen molar-refractivity contribution in [3.63, 3.8) is 0 Å². The van der Waals surface area contributed by atoms with Gasteiger partial charge in [0.25, 0.3) is 0 Å². The first-order valence-corrected chi connectivity index (χ1v) is 6.46. The van der Waals surface area contributed by atoms with Crippen LogP contribution in [-0.4, -0.2) is 25.5 Å². The Labute approximate surface area is 105 Å². The number of aryl methyl sites for hydroxylation is 1. The summed E-state index contributed by atoms with van der Waals surface area (Å²) in [5, 5.41) is 0. The van der Waals surface area contributed by atoms with E-state index in [1.54, 1.807) is 0 Å². The molecule has 2 rings (SSSR count). The number of benzene rings is 1. The molecule has 0 N–H and O–H groups in total. The molecule has 17 heavy (non-hydrogen) atoms. The number of hydrogen-bond acceptors (Lipinski definition) is 2. The lowest BCUT2D eigenvalue weighted by Crippen LogP contribution is -2.29. The predicted octanol–water partition coefficient (Wildman–Crippen LogP) is 3.08. The molecule has 2 heteroatoms. The Kier molecular flexibility index (Phi) is 3.55. The minimum Gasteiger partial charge on any atom is -0.366 e. The number of ether oxygens (including phenoxy) is 1. The molecule has 0 radical (unpaired) electrons. The van der Waals surface area contributed by atoms with Crippen molar-refractivity contribution in [3.8, 4) is 0 Å². The number of nitrogens with zero attached hydrogens (tertiary/aromatic N) is 1. The van der Waals surface area contributed by atoms with Gasteiger partial charge in [-0.1, -0.05) is 30.7 Å². The Morgan fingerprint density at radius 2 is 2.12 bits per heavy atom. The topological polar surface area (TPSA) is 12.5 Å². The molecule has 1 aromatic carbocycles. The van der Waals surface area contributed by atoms with Crippen LogP contribution < -0.4 is 0 Å². The van der Waals surface area contributed by atoms with E-state index in [-0.39, 0.29) is 5.60 Å². The molecular weight excluding hydrogens is 210 g/mol. The fourth-order valence-corrected chi connectivity index (χ4v) is 2.61. The van der Waals surface area contributed by atoms with Crippen LogP contribution in [0.4, 0.5) is 0 Å². The molecule has 1 aliphatic heterocycles. The summed E-state index contributed by atoms with van der Waals surface area (Å²) in [5.41, 5.74) is 4.07. The molecule has 2 nitrogen and oxygen atoms in total. The van der Waals surface area contributed by atoms with Gasteiger partial charge in [-0.15, -0.1) is 0 Å². The van der Waals surface area contributed by atoms with E-state index in [2.05, 4.69) is 51.0 Å². The summed E-state index contributed by atoms with van der Waals surface area (Å²) >= 11 is 0. The lowest BCUT2D eigenvalue weighted by molar-refractivity contribution is -0.0508. The Bertz CT molecular complexity index is 400. The third-order valence-electron chi connectivity index (χ3n) is 3.79. The van der Waals surface area contributed by atoms with Gasteiger partial charge < -0.3 is 9.64 Å². The molecule has 0 aliphatic carbocycles. The van der Waals surface area contributed by atoms with E-state index in [0.29, 0.717) is 0 Å². The Morgan fingerprint density at radius 3 is 2.76 bits per heavy atom. The molecule has 1 heterocycles. The molecule has 0 aromatic heterocycles. The van der Waals surface area contributed by atoms with Crippen LogP contribution in [-0.2, 0) is 16.9 Å². The molecule has 1 atom stereocenters. The first kappa shape index (κ1) is 12.6. The highest BCUT2D eigenvalue weighted by Crippen LogP contribution is 2.42. The Balaban J connectivity index is 2.29. The predicted molar refractivity (Wildman–Crippen MR) is 71.1 cm³/mol. The van der Waals surface area contributed by atoms with E-state index in [4.69, 9.17) is 4.74 Å². The van der Waals surface area contributed by atoms with E-state index in [9.17, 15) is 0 Å². The van der Waals surface area contributed by atoms with Gasteiger partial charge >= 0.3 is 0 Å². The third kappa shape index (κ3) is 2.38. The quantitative estimate of drug-likeness (QED) is 0.792. The lowest BCUT2D eigenvalue weighted by atomic mass is 9.86. The average molecular weight is 233 g/mol. The molecule has 0 saturated heterocycles. The minimum absolute atomic E-state index is 0.0500. The highest BCUT2D eigenvalue weighted by atomic mass is 16.5. The van der Waals surface area contributed by atoms with Crippen LogP contribution in [0.1, 0.15) is 36.5 Å². The van der Waals surface area contributed by atoms with Crippen LogP contribution in [0.25, 0.3) is 0 Å². The smallest absolute Gasteiger partial charge is 0.0949 e. The summed E-state index contributed by atoms with van der Waals surface area (Å²) < 4.78 is 6.14. The van der Waals surface area contributed by atoms with Crippen LogP contribution in [0.15, 0.2) is 18.2 Å². The van der Waals surface area contributed by atoms with Crippen LogP contribution in [0.3, 0.4) is 0 Å². The van der Waals surface area contributed by atoms with Crippen molar-refractivity contribution >= 4 is 0 Å². The summed E-state index contributed by atoms with van der Waals surface area (Å²) in [5.74, 6) is 0. The molecule has 0 fully saturated rings. The van der Waals surface area contributed by atoms with Crippen molar-refractivity contribution in [3.05, 3.63) is 34.9 Å². The molecule has 0 spiro atoms. The van der Waals surface area contributed by atoms with E-state index in [1.165, 1.54) is 16.7 Å². The van der Waals surface area contributed by atoms with Crippen molar-refractivity contribution in [2.75, 3.05) is 20.6 Å². The second-order valence-electron chi connectivity index (χ2n) is 5.35. The standard InChI is InChI=1S/C15H23NO/c1-5-15(8-9-16(3)4)14-10-12(2)6-7-13(14)11-17-15/h6-7,10H,5,8-9,11H2,1-4H3. The fourth-order valence-electron chi connectivity index (χ4n) is 2.61. The second kappa shape index (κ2) is 4.79. The van der Waals surface area contributed by atoms with E-state index >= 15 is 0 Å². The first-order valence-electron chi connectivity index (χ1n) is 6.46. The zero-order valence-corrected chi connectivity index (χ0v) is 11.4. The van der Waals surface area contributed by atoms with Gasteiger partial charge in [-0.05, 0) is 45.0 Å². The number of rotatable bonds is 4. The normalized spacial score (nSPS) is 23.1. The summed E-state index contributed by atoms with van der Waals surface area (Å²) in [6, 6.07) is 6.71. The van der Waals surface area contributed by atoms with Crippen molar-refractivity contribution in [2.24, 2.45) is 0 Å². The molecular formula is C15H23NO. The fraction of sp³-hybridized carbons (Fsp3) is 0.600. The molecule has 1 aromatic rings. The van der Waals surface area contributed by atoms with Gasteiger partial charge in [0.2, 0.25) is 0 Å². The van der Waals surface area contributed by atoms with Crippen LogP contribution >= 0.6 is 0 Å². The van der Waals surface area contributed by atoms with Crippen LogP contribution in [0, 0.1) is 6.92 Å². The largest absolute Gasteiger partial charge is 0.366 e.